The average molecular weight is 596 g/mol. The lowest BCUT2D eigenvalue weighted by Crippen LogP contribution is -2.54. The lowest BCUT2D eigenvalue weighted by atomic mass is 9.76. The number of nitrogens with one attached hydrogen (secondary N) is 2. The Kier molecular flexibility index (Phi) is 9.09. The van der Waals surface area contributed by atoms with E-state index in [4.69, 9.17) is 4.74 Å². The number of H-pyrrole nitrogens is 1. The molecule has 0 aliphatic heterocycles. The molecule has 45 heavy (non-hydrogen) atoms. The number of amides is 1. The molecular weight excluding hydrogens is 554 g/mol. The molecule has 0 saturated carbocycles. The van der Waals surface area contributed by atoms with E-state index in [0.29, 0.717) is 19.5 Å². The van der Waals surface area contributed by atoms with E-state index in [1.807, 2.05) is 35.2 Å². The Labute approximate surface area is 267 Å². The summed E-state index contributed by atoms with van der Waals surface area (Å²) in [7, 11) is 1.67. The Morgan fingerprint density at radius 2 is 1.29 bits per heavy atom. The van der Waals surface area contributed by atoms with Gasteiger partial charge in [-0.15, -0.1) is 0 Å². The molecule has 0 spiro atoms. The number of carbonyl (C=O) groups is 1. The van der Waals surface area contributed by atoms with Gasteiger partial charge in [-0.05, 0) is 40.8 Å². The maximum atomic E-state index is 13.3. The first-order valence-corrected chi connectivity index (χ1v) is 15.4. The summed E-state index contributed by atoms with van der Waals surface area (Å²) in [6.45, 7) is 2.58. The first kappa shape index (κ1) is 29.9. The number of hydrogen-bond donors (Lipinski definition) is 2. The summed E-state index contributed by atoms with van der Waals surface area (Å²) in [6.07, 6.45) is 2.81. The molecule has 1 heterocycles. The quantitative estimate of drug-likeness (QED) is 0.141. The molecule has 1 atom stereocenters. The van der Waals surface area contributed by atoms with Crippen LogP contribution in [-0.2, 0) is 23.3 Å². The third kappa shape index (κ3) is 6.40. The molecule has 5 aromatic carbocycles. The molecule has 5 nitrogen and oxygen atoms in total. The largest absolute Gasteiger partial charge is 0.496 e. The van der Waals surface area contributed by atoms with Crippen LogP contribution < -0.4 is 10.1 Å². The molecule has 0 radical (unpaired) electrons. The van der Waals surface area contributed by atoms with E-state index in [1.54, 1.807) is 14.0 Å². The van der Waals surface area contributed by atoms with E-state index in [0.717, 1.165) is 33.5 Å². The number of ether oxygens (including phenoxy) is 1. The predicted octanol–water partition coefficient (Wildman–Crippen LogP) is 7.96. The van der Waals surface area contributed by atoms with Gasteiger partial charge in [0.05, 0.1) is 12.6 Å². The minimum Gasteiger partial charge on any atom is -0.496 e. The second kappa shape index (κ2) is 13.7. The van der Waals surface area contributed by atoms with E-state index in [9.17, 15) is 4.79 Å². The maximum absolute atomic E-state index is 13.3. The summed E-state index contributed by atoms with van der Waals surface area (Å²) in [5.74, 6) is 0.786. The van der Waals surface area contributed by atoms with Crippen LogP contribution in [0, 0.1) is 0 Å². The van der Waals surface area contributed by atoms with Crippen LogP contribution in [0.5, 0.6) is 5.75 Å². The summed E-state index contributed by atoms with van der Waals surface area (Å²) >= 11 is 0. The molecule has 1 unspecified atom stereocenters. The van der Waals surface area contributed by atoms with Crippen molar-refractivity contribution < 1.29 is 11.0 Å². The van der Waals surface area contributed by atoms with Crippen molar-refractivity contribution in [2.45, 2.75) is 31.5 Å². The highest BCUT2D eigenvalue weighted by atomic mass is 16.5. The molecule has 6 aromatic rings. The van der Waals surface area contributed by atoms with Gasteiger partial charge in [0, 0.05) is 50.1 Å². The number of aromatic nitrogens is 1. The zero-order valence-electron chi connectivity index (χ0n) is 25.8. The van der Waals surface area contributed by atoms with Crippen LogP contribution in [0.15, 0.2) is 146 Å². The average Bonchev–Trinajstić information content (AvgIpc) is 3.50. The minimum absolute atomic E-state index is 0. The Morgan fingerprint density at radius 1 is 0.756 bits per heavy atom. The molecule has 0 fully saturated rings. The summed E-state index contributed by atoms with van der Waals surface area (Å²) in [5, 5.41) is 5.37. The number of rotatable bonds is 12. The summed E-state index contributed by atoms with van der Waals surface area (Å²) in [6, 6.07) is 48.0. The van der Waals surface area contributed by atoms with Crippen LogP contribution in [-0.4, -0.2) is 35.5 Å². The Morgan fingerprint density at radius 3 is 1.87 bits per heavy atom. The second-order valence-corrected chi connectivity index (χ2v) is 11.5. The fourth-order valence-electron chi connectivity index (χ4n) is 6.46. The zero-order valence-corrected chi connectivity index (χ0v) is 25.8. The minimum atomic E-state index is -0.687. The molecular formula is C40H41N3O2. The van der Waals surface area contributed by atoms with Gasteiger partial charge < -0.3 is 14.6 Å². The van der Waals surface area contributed by atoms with Gasteiger partial charge >= 0.3 is 0 Å². The zero-order chi connectivity index (χ0) is 31.1. The normalized spacial score (nSPS) is 12.1. The number of methoxy groups -OCH3 is 1. The number of para-hydroxylation sites is 2. The maximum Gasteiger partial charge on any atom is 0.219 e. The van der Waals surface area contributed by atoms with Crippen LogP contribution in [0.2, 0.25) is 0 Å². The van der Waals surface area contributed by atoms with Crippen LogP contribution in [0.3, 0.4) is 0 Å². The van der Waals surface area contributed by atoms with Gasteiger partial charge in [-0.2, -0.15) is 0 Å². The first-order valence-electron chi connectivity index (χ1n) is 15.4. The Balaban J connectivity index is 0.00000417. The molecule has 0 saturated heterocycles. The smallest absolute Gasteiger partial charge is 0.219 e. The molecule has 1 amide bonds. The molecule has 228 valence electrons. The van der Waals surface area contributed by atoms with Crippen molar-refractivity contribution in [2.24, 2.45) is 0 Å². The van der Waals surface area contributed by atoms with Gasteiger partial charge in [-0.3, -0.25) is 10.1 Å². The highest BCUT2D eigenvalue weighted by Crippen LogP contribution is 2.38. The summed E-state index contributed by atoms with van der Waals surface area (Å²) < 4.78 is 5.66. The number of hydrogen-bond acceptors (Lipinski definition) is 3. The standard InChI is InChI=1S/C40H39N3O2.H2/c1-30(44)43(28-31-16-12-15-25-39(31)45-2)29-36(26-32-27-41-38-24-14-13-23-37(32)38)42-40(33-17-6-3-7-18-33,34-19-8-4-9-20-34)35-21-10-5-11-22-35;/h3-25,27,36,41-42H,26,28-29H2,1-2H3;1H. The van der Waals surface area contributed by atoms with Crippen molar-refractivity contribution >= 4 is 16.8 Å². The molecule has 0 aliphatic carbocycles. The first-order chi connectivity index (χ1) is 22.1. The van der Waals surface area contributed by atoms with Gasteiger partial charge in [0.1, 0.15) is 5.75 Å². The lowest BCUT2D eigenvalue weighted by molar-refractivity contribution is -0.129. The number of nitrogens with zero attached hydrogens (tertiary/aromatic N) is 1. The van der Waals surface area contributed by atoms with Gasteiger partial charge in [-0.1, -0.05) is 127 Å². The molecule has 2 N–H and O–H groups in total. The van der Waals surface area contributed by atoms with Crippen LogP contribution in [0.4, 0.5) is 0 Å². The Bertz CT molecular complexity index is 1740. The van der Waals surface area contributed by atoms with Crippen molar-refractivity contribution in [2.75, 3.05) is 13.7 Å². The molecule has 5 heteroatoms. The van der Waals surface area contributed by atoms with E-state index in [-0.39, 0.29) is 13.4 Å². The third-order valence-corrected chi connectivity index (χ3v) is 8.62. The number of carbonyl (C=O) groups excluding carboxylic acids is 1. The molecule has 6 rings (SSSR count). The molecule has 0 aliphatic rings. The number of aromatic amines is 1. The van der Waals surface area contributed by atoms with Crippen LogP contribution in [0.1, 0.15) is 36.2 Å². The molecule has 1 aromatic heterocycles. The van der Waals surface area contributed by atoms with Gasteiger partial charge in [0.15, 0.2) is 0 Å². The van der Waals surface area contributed by atoms with Gasteiger partial charge in [-0.25, -0.2) is 0 Å². The summed E-state index contributed by atoms with van der Waals surface area (Å²) in [5.41, 5.74) is 5.98. The van der Waals surface area contributed by atoms with E-state index >= 15 is 0 Å². The fourth-order valence-corrected chi connectivity index (χ4v) is 6.46. The predicted molar refractivity (Wildman–Crippen MR) is 184 cm³/mol. The second-order valence-electron chi connectivity index (χ2n) is 11.5. The van der Waals surface area contributed by atoms with E-state index in [2.05, 4.69) is 126 Å². The highest BCUT2D eigenvalue weighted by Gasteiger charge is 2.38. The van der Waals surface area contributed by atoms with Gasteiger partial charge in [0.25, 0.3) is 0 Å². The number of benzene rings is 5. The molecule has 0 bridgehead atoms. The topological polar surface area (TPSA) is 57.4 Å². The van der Waals surface area contributed by atoms with Crippen LogP contribution >= 0.6 is 0 Å². The fraction of sp³-hybridized carbons (Fsp3) is 0.175. The summed E-state index contributed by atoms with van der Waals surface area (Å²) in [4.78, 5) is 18.7. The van der Waals surface area contributed by atoms with E-state index < -0.39 is 5.54 Å². The van der Waals surface area contributed by atoms with Gasteiger partial charge in [0.2, 0.25) is 5.91 Å². The van der Waals surface area contributed by atoms with Crippen molar-refractivity contribution in [3.05, 3.63) is 174 Å². The van der Waals surface area contributed by atoms with Crippen molar-refractivity contribution in [3.63, 3.8) is 0 Å². The van der Waals surface area contributed by atoms with Crippen molar-refractivity contribution in [1.29, 1.82) is 0 Å². The SMILES string of the molecule is COc1ccccc1CN(CC(Cc1c[nH]c2ccccc12)NC(c1ccccc1)(c1ccccc1)c1ccccc1)C(C)=O.[HH]. The monoisotopic (exact) mass is 595 g/mol. The highest BCUT2D eigenvalue weighted by molar-refractivity contribution is 5.83. The van der Waals surface area contributed by atoms with Crippen molar-refractivity contribution in [3.8, 4) is 5.75 Å². The van der Waals surface area contributed by atoms with Crippen molar-refractivity contribution in [1.82, 2.24) is 15.2 Å². The third-order valence-electron chi connectivity index (χ3n) is 8.62. The van der Waals surface area contributed by atoms with Crippen LogP contribution in [0.25, 0.3) is 10.9 Å². The Hall–Kier alpha value is -5.13. The van der Waals surface area contributed by atoms with E-state index in [1.165, 1.54) is 10.9 Å². The number of fused-ring (bicyclic) bond motifs is 1. The lowest BCUT2D eigenvalue weighted by Gasteiger charge is -2.41.